The monoisotopic (exact) mass is 450 g/mol. The highest BCUT2D eigenvalue weighted by atomic mass is 35.5. The topological polar surface area (TPSA) is 83.6 Å². The van der Waals surface area contributed by atoms with Gasteiger partial charge in [0.15, 0.2) is 0 Å². The van der Waals surface area contributed by atoms with Gasteiger partial charge in [0.25, 0.3) is 11.8 Å². The SMILES string of the molecule is O=C(Nc1ccc(Cl)c(NC(=O)c2ccccc2)c1)c1ccc(CN2CCOCC2)nc1. The summed E-state index contributed by atoms with van der Waals surface area (Å²) < 4.78 is 5.36. The second-order valence-corrected chi connectivity index (χ2v) is 7.80. The Morgan fingerprint density at radius 3 is 2.41 bits per heavy atom. The lowest BCUT2D eigenvalue weighted by Gasteiger charge is -2.26. The van der Waals surface area contributed by atoms with E-state index in [-0.39, 0.29) is 11.8 Å². The molecule has 1 aliphatic rings. The molecule has 2 heterocycles. The van der Waals surface area contributed by atoms with Crippen LogP contribution in [0.2, 0.25) is 5.02 Å². The molecule has 0 saturated carbocycles. The molecule has 0 unspecified atom stereocenters. The quantitative estimate of drug-likeness (QED) is 0.591. The van der Waals surface area contributed by atoms with Crippen molar-refractivity contribution >= 4 is 34.8 Å². The minimum Gasteiger partial charge on any atom is -0.379 e. The third-order valence-electron chi connectivity index (χ3n) is 5.08. The van der Waals surface area contributed by atoms with Gasteiger partial charge < -0.3 is 15.4 Å². The average molecular weight is 451 g/mol. The number of hydrogen-bond donors (Lipinski definition) is 2. The van der Waals surface area contributed by atoms with Crippen LogP contribution in [-0.4, -0.2) is 48.0 Å². The lowest BCUT2D eigenvalue weighted by atomic mass is 10.2. The average Bonchev–Trinajstić information content (AvgIpc) is 2.83. The number of nitrogens with one attached hydrogen (secondary N) is 2. The van der Waals surface area contributed by atoms with Gasteiger partial charge in [-0.2, -0.15) is 0 Å². The number of carbonyl (C=O) groups excluding carboxylic acids is 2. The number of ether oxygens (including phenoxy) is 1. The molecule has 1 fully saturated rings. The first kappa shape index (κ1) is 22.0. The summed E-state index contributed by atoms with van der Waals surface area (Å²) >= 11 is 6.23. The van der Waals surface area contributed by atoms with Crippen molar-refractivity contribution in [2.24, 2.45) is 0 Å². The van der Waals surface area contributed by atoms with Crippen LogP contribution < -0.4 is 10.6 Å². The molecule has 0 radical (unpaired) electrons. The van der Waals surface area contributed by atoms with Crippen LogP contribution >= 0.6 is 11.6 Å². The number of hydrogen-bond acceptors (Lipinski definition) is 5. The highest BCUT2D eigenvalue weighted by molar-refractivity contribution is 6.34. The van der Waals surface area contributed by atoms with Gasteiger partial charge in [0.1, 0.15) is 0 Å². The number of anilines is 2. The largest absolute Gasteiger partial charge is 0.379 e. The highest BCUT2D eigenvalue weighted by Gasteiger charge is 2.14. The van der Waals surface area contributed by atoms with Gasteiger partial charge in [-0.25, -0.2) is 0 Å². The van der Waals surface area contributed by atoms with Crippen LogP contribution in [0.4, 0.5) is 11.4 Å². The van der Waals surface area contributed by atoms with E-state index >= 15 is 0 Å². The molecule has 0 aliphatic carbocycles. The third kappa shape index (κ3) is 5.70. The predicted octanol–water partition coefficient (Wildman–Crippen LogP) is 4.07. The second kappa shape index (κ2) is 10.4. The molecule has 8 heteroatoms. The zero-order valence-corrected chi connectivity index (χ0v) is 18.1. The van der Waals surface area contributed by atoms with E-state index in [1.165, 1.54) is 0 Å². The van der Waals surface area contributed by atoms with Crippen molar-refractivity contribution in [2.75, 3.05) is 36.9 Å². The van der Waals surface area contributed by atoms with Crippen molar-refractivity contribution in [1.29, 1.82) is 0 Å². The molecule has 2 N–H and O–H groups in total. The third-order valence-corrected chi connectivity index (χ3v) is 5.41. The molecule has 164 valence electrons. The second-order valence-electron chi connectivity index (χ2n) is 7.40. The zero-order valence-electron chi connectivity index (χ0n) is 17.4. The van der Waals surface area contributed by atoms with Crippen molar-refractivity contribution in [1.82, 2.24) is 9.88 Å². The van der Waals surface area contributed by atoms with Gasteiger partial charge in [-0.05, 0) is 42.5 Å². The summed E-state index contributed by atoms with van der Waals surface area (Å²) in [7, 11) is 0. The lowest BCUT2D eigenvalue weighted by molar-refractivity contribution is 0.0336. The normalized spacial score (nSPS) is 14.0. The minimum atomic E-state index is -0.293. The molecule has 32 heavy (non-hydrogen) atoms. The summed E-state index contributed by atoms with van der Waals surface area (Å²) in [6, 6.07) is 17.4. The summed E-state index contributed by atoms with van der Waals surface area (Å²) in [6.45, 7) is 3.95. The van der Waals surface area contributed by atoms with Crippen molar-refractivity contribution in [3.63, 3.8) is 0 Å². The summed E-state index contributed by atoms with van der Waals surface area (Å²) in [5, 5.41) is 5.98. The zero-order chi connectivity index (χ0) is 22.3. The Hall–Kier alpha value is -3.26. The Balaban J connectivity index is 1.39. The van der Waals surface area contributed by atoms with Crippen molar-refractivity contribution < 1.29 is 14.3 Å². The fourth-order valence-corrected chi connectivity index (χ4v) is 3.49. The number of morpholine rings is 1. The minimum absolute atomic E-state index is 0.281. The smallest absolute Gasteiger partial charge is 0.257 e. The molecule has 1 saturated heterocycles. The lowest BCUT2D eigenvalue weighted by Crippen LogP contribution is -2.35. The Kier molecular flexibility index (Phi) is 7.11. The number of amides is 2. The molecule has 2 aromatic carbocycles. The van der Waals surface area contributed by atoms with Crippen LogP contribution in [0.25, 0.3) is 0 Å². The first-order chi connectivity index (χ1) is 15.6. The summed E-state index contributed by atoms with van der Waals surface area (Å²) in [5.41, 5.74) is 2.79. The molecule has 4 rings (SSSR count). The van der Waals surface area contributed by atoms with Crippen molar-refractivity contribution in [3.8, 4) is 0 Å². The molecular formula is C24H23ClN4O3. The number of rotatable bonds is 6. The summed E-state index contributed by atoms with van der Waals surface area (Å²) in [6.07, 6.45) is 1.57. The van der Waals surface area contributed by atoms with Crippen LogP contribution in [0, 0.1) is 0 Å². The maximum atomic E-state index is 12.7. The maximum absolute atomic E-state index is 12.7. The molecular weight excluding hydrogens is 428 g/mol. The van der Waals surface area contributed by atoms with Crippen LogP contribution in [0.1, 0.15) is 26.4 Å². The van der Waals surface area contributed by atoms with E-state index in [0.717, 1.165) is 38.5 Å². The van der Waals surface area contributed by atoms with Gasteiger partial charge in [0.05, 0.1) is 35.2 Å². The number of carbonyl (C=O) groups is 2. The number of pyridine rings is 1. The Bertz CT molecular complexity index is 1080. The molecule has 7 nitrogen and oxygen atoms in total. The van der Waals surface area contributed by atoms with Gasteiger partial charge in [-0.3, -0.25) is 19.5 Å². The highest BCUT2D eigenvalue weighted by Crippen LogP contribution is 2.26. The first-order valence-electron chi connectivity index (χ1n) is 10.3. The van der Waals surface area contributed by atoms with Crippen LogP contribution in [0.15, 0.2) is 66.9 Å². The molecule has 0 bridgehead atoms. The standard InChI is InChI=1S/C24H23ClN4O3/c25-21-9-8-19(14-22(21)28-23(30)17-4-2-1-3-5-17)27-24(31)18-6-7-20(26-15-18)16-29-10-12-32-13-11-29/h1-9,14-15H,10-13,16H2,(H,27,31)(H,28,30). The van der Waals surface area contributed by atoms with E-state index in [9.17, 15) is 9.59 Å². The van der Waals surface area contributed by atoms with Gasteiger partial charge in [0.2, 0.25) is 0 Å². The summed E-state index contributed by atoms with van der Waals surface area (Å²) in [4.78, 5) is 31.8. The van der Waals surface area contributed by atoms with Crippen LogP contribution in [0.5, 0.6) is 0 Å². The number of aromatic nitrogens is 1. The van der Waals surface area contributed by atoms with E-state index in [1.54, 1.807) is 54.7 Å². The molecule has 0 atom stereocenters. The van der Waals surface area contributed by atoms with E-state index in [4.69, 9.17) is 16.3 Å². The number of nitrogens with zero attached hydrogens (tertiary/aromatic N) is 2. The van der Waals surface area contributed by atoms with E-state index in [1.807, 2.05) is 12.1 Å². The van der Waals surface area contributed by atoms with E-state index < -0.39 is 0 Å². The number of halogens is 1. The predicted molar refractivity (Wildman–Crippen MR) is 124 cm³/mol. The fourth-order valence-electron chi connectivity index (χ4n) is 3.33. The first-order valence-corrected chi connectivity index (χ1v) is 10.7. The Labute approximate surface area is 191 Å². The van der Waals surface area contributed by atoms with Crippen molar-refractivity contribution in [3.05, 3.63) is 88.7 Å². The number of benzene rings is 2. The molecule has 3 aromatic rings. The van der Waals surface area contributed by atoms with Crippen molar-refractivity contribution in [2.45, 2.75) is 6.54 Å². The molecule has 2 amide bonds. The van der Waals surface area contributed by atoms with Crippen LogP contribution in [-0.2, 0) is 11.3 Å². The van der Waals surface area contributed by atoms with Crippen LogP contribution in [0.3, 0.4) is 0 Å². The molecule has 1 aromatic heterocycles. The Morgan fingerprint density at radius 1 is 0.938 bits per heavy atom. The van der Waals surface area contributed by atoms with Gasteiger partial charge in [-0.1, -0.05) is 29.8 Å². The van der Waals surface area contributed by atoms with E-state index in [2.05, 4.69) is 20.5 Å². The van der Waals surface area contributed by atoms with Gasteiger partial charge in [0, 0.05) is 37.1 Å². The maximum Gasteiger partial charge on any atom is 0.257 e. The van der Waals surface area contributed by atoms with E-state index in [0.29, 0.717) is 27.5 Å². The fraction of sp³-hybridized carbons (Fsp3) is 0.208. The van der Waals surface area contributed by atoms with Gasteiger partial charge >= 0.3 is 0 Å². The Morgan fingerprint density at radius 2 is 1.69 bits per heavy atom. The van der Waals surface area contributed by atoms with Gasteiger partial charge in [-0.15, -0.1) is 0 Å². The molecule has 0 spiro atoms. The summed E-state index contributed by atoms with van der Waals surface area (Å²) in [5.74, 6) is -0.575. The molecule has 1 aliphatic heterocycles.